The molecule has 1 heterocycles. The molecule has 0 aromatic carbocycles. The van der Waals surface area contributed by atoms with Crippen molar-refractivity contribution in [1.29, 1.82) is 0 Å². The first-order valence-electron chi connectivity index (χ1n) is 5.61. The number of hydrogen-bond acceptors (Lipinski definition) is 3. The minimum Gasteiger partial charge on any atom is -0.464 e. The maximum absolute atomic E-state index is 11.7. The van der Waals surface area contributed by atoms with Gasteiger partial charge in [-0.1, -0.05) is 0 Å². The molecule has 1 fully saturated rings. The van der Waals surface area contributed by atoms with Crippen LogP contribution in [0.3, 0.4) is 0 Å². The van der Waals surface area contributed by atoms with Crippen LogP contribution in [-0.2, 0) is 14.3 Å². The van der Waals surface area contributed by atoms with Crippen LogP contribution in [0, 0.1) is 0 Å². The second-order valence-corrected chi connectivity index (χ2v) is 5.74. The van der Waals surface area contributed by atoms with E-state index in [0.717, 1.165) is 0 Å². The van der Waals surface area contributed by atoms with E-state index in [1.54, 1.807) is 6.92 Å². The molecule has 4 heteroatoms. The highest BCUT2D eigenvalue weighted by atomic mass is 16.5. The van der Waals surface area contributed by atoms with E-state index in [2.05, 4.69) is 0 Å². The van der Waals surface area contributed by atoms with Gasteiger partial charge in [0.1, 0.15) is 6.10 Å². The van der Waals surface area contributed by atoms with Gasteiger partial charge in [-0.3, -0.25) is 9.59 Å². The summed E-state index contributed by atoms with van der Waals surface area (Å²) in [6, 6.07) is 0. The van der Waals surface area contributed by atoms with Gasteiger partial charge in [0.15, 0.2) is 0 Å². The molecule has 0 aromatic heterocycles. The van der Waals surface area contributed by atoms with Crippen LogP contribution in [-0.4, -0.2) is 34.5 Å². The molecule has 1 aliphatic rings. The number of hydrogen-bond donors (Lipinski definition) is 0. The third kappa shape index (κ3) is 2.36. The summed E-state index contributed by atoms with van der Waals surface area (Å²) in [7, 11) is 0. The predicted octanol–water partition coefficient (Wildman–Crippen LogP) is 1.73. The van der Waals surface area contributed by atoms with Gasteiger partial charge in [-0.15, -0.1) is 0 Å². The lowest BCUT2D eigenvalue weighted by Gasteiger charge is -2.54. The molecule has 1 saturated heterocycles. The predicted molar refractivity (Wildman–Crippen MR) is 60.8 cm³/mol. The summed E-state index contributed by atoms with van der Waals surface area (Å²) in [6.45, 7) is 10.1. The van der Waals surface area contributed by atoms with Crippen molar-refractivity contribution in [3.05, 3.63) is 0 Å². The Labute approximate surface area is 96.9 Å². The van der Waals surface area contributed by atoms with E-state index in [1.165, 1.54) is 0 Å². The first-order valence-corrected chi connectivity index (χ1v) is 5.61. The number of carbonyl (C=O) groups excluding carboxylic acids is 2. The van der Waals surface area contributed by atoms with Gasteiger partial charge in [-0.05, 0) is 27.7 Å². The molecule has 0 saturated carbocycles. The number of likely N-dealkylation sites (tertiary alicyclic amines) is 1. The lowest BCUT2D eigenvalue weighted by atomic mass is 9.78. The Balaban J connectivity index is 2.98. The Bertz CT molecular complexity index is 279. The highest BCUT2D eigenvalue weighted by molar-refractivity contribution is 5.75. The van der Waals surface area contributed by atoms with Crippen LogP contribution < -0.4 is 0 Å². The zero-order chi connectivity index (χ0) is 12.6. The average molecular weight is 227 g/mol. The third-order valence-corrected chi connectivity index (χ3v) is 3.23. The van der Waals surface area contributed by atoms with Crippen molar-refractivity contribution in [2.24, 2.45) is 0 Å². The molecule has 1 rings (SSSR count). The van der Waals surface area contributed by atoms with Gasteiger partial charge in [0.25, 0.3) is 6.47 Å². The minimum absolute atomic E-state index is 0.0690. The van der Waals surface area contributed by atoms with E-state index in [-0.39, 0.29) is 23.1 Å². The largest absolute Gasteiger partial charge is 0.464 e. The normalized spacial score (nSPS) is 23.9. The number of rotatable bonds is 2. The monoisotopic (exact) mass is 227 g/mol. The first-order chi connectivity index (χ1) is 7.20. The summed E-state index contributed by atoms with van der Waals surface area (Å²) in [5, 5.41) is 0. The number of ether oxygens (including phenoxy) is 1. The molecule has 0 aromatic rings. The lowest BCUT2D eigenvalue weighted by Crippen LogP contribution is -2.63. The van der Waals surface area contributed by atoms with Crippen molar-refractivity contribution in [1.82, 2.24) is 4.90 Å². The summed E-state index contributed by atoms with van der Waals surface area (Å²) in [6.07, 6.45) is 1.28. The molecule has 1 aliphatic heterocycles. The summed E-state index contributed by atoms with van der Waals surface area (Å²) < 4.78 is 5.06. The average Bonchev–Trinajstić information content (AvgIpc) is 1.96. The van der Waals surface area contributed by atoms with E-state index in [1.807, 2.05) is 32.6 Å². The Kier molecular flexibility index (Phi) is 3.31. The molecule has 0 bridgehead atoms. The van der Waals surface area contributed by atoms with E-state index in [0.29, 0.717) is 19.3 Å². The molecule has 0 atom stereocenters. The van der Waals surface area contributed by atoms with Gasteiger partial charge < -0.3 is 9.64 Å². The van der Waals surface area contributed by atoms with Crippen LogP contribution in [0.5, 0.6) is 0 Å². The molecular weight excluding hydrogens is 206 g/mol. The molecule has 0 spiro atoms. The molecule has 1 amide bonds. The Morgan fingerprint density at radius 3 is 2.00 bits per heavy atom. The number of amides is 1. The van der Waals surface area contributed by atoms with Crippen LogP contribution in [0.4, 0.5) is 0 Å². The SMILES string of the molecule is CC(=O)N1C(C)(C)CC(OC=O)CC1(C)C. The fourth-order valence-corrected chi connectivity index (χ4v) is 3.22. The quantitative estimate of drug-likeness (QED) is 0.675. The highest BCUT2D eigenvalue weighted by Gasteiger charge is 2.47. The van der Waals surface area contributed by atoms with Crippen molar-refractivity contribution in [2.45, 2.75) is 64.6 Å². The van der Waals surface area contributed by atoms with Crippen LogP contribution in [0.25, 0.3) is 0 Å². The van der Waals surface area contributed by atoms with Crippen molar-refractivity contribution in [2.75, 3.05) is 0 Å². The van der Waals surface area contributed by atoms with Crippen molar-refractivity contribution in [3.8, 4) is 0 Å². The minimum atomic E-state index is -0.277. The smallest absolute Gasteiger partial charge is 0.293 e. The third-order valence-electron chi connectivity index (χ3n) is 3.23. The maximum Gasteiger partial charge on any atom is 0.293 e. The second-order valence-electron chi connectivity index (χ2n) is 5.74. The van der Waals surface area contributed by atoms with Crippen LogP contribution >= 0.6 is 0 Å². The van der Waals surface area contributed by atoms with Gasteiger partial charge in [0.05, 0.1) is 0 Å². The van der Waals surface area contributed by atoms with Crippen molar-refractivity contribution in [3.63, 3.8) is 0 Å². The number of piperidine rings is 1. The van der Waals surface area contributed by atoms with E-state index >= 15 is 0 Å². The molecule has 0 unspecified atom stereocenters. The van der Waals surface area contributed by atoms with Crippen LogP contribution in [0.1, 0.15) is 47.5 Å². The summed E-state index contributed by atoms with van der Waals surface area (Å²) >= 11 is 0. The van der Waals surface area contributed by atoms with Gasteiger partial charge in [-0.2, -0.15) is 0 Å². The topological polar surface area (TPSA) is 46.6 Å². The molecule has 0 aliphatic carbocycles. The van der Waals surface area contributed by atoms with Gasteiger partial charge in [0.2, 0.25) is 5.91 Å². The second kappa shape index (κ2) is 4.07. The van der Waals surface area contributed by atoms with Gasteiger partial charge in [0, 0.05) is 30.8 Å². The fraction of sp³-hybridized carbons (Fsp3) is 0.833. The lowest BCUT2D eigenvalue weighted by molar-refractivity contribution is -0.159. The molecule has 0 N–H and O–H groups in total. The van der Waals surface area contributed by atoms with Crippen molar-refractivity contribution < 1.29 is 14.3 Å². The molecule has 4 nitrogen and oxygen atoms in total. The summed E-state index contributed by atoms with van der Waals surface area (Å²) in [5.41, 5.74) is -0.553. The molecule has 92 valence electrons. The van der Waals surface area contributed by atoms with E-state index in [9.17, 15) is 9.59 Å². The van der Waals surface area contributed by atoms with Crippen molar-refractivity contribution >= 4 is 12.4 Å². The van der Waals surface area contributed by atoms with Gasteiger partial charge in [-0.25, -0.2) is 0 Å². The summed E-state index contributed by atoms with van der Waals surface area (Å²) in [5.74, 6) is 0.0690. The van der Waals surface area contributed by atoms with Crippen LogP contribution in [0.2, 0.25) is 0 Å². The zero-order valence-corrected chi connectivity index (χ0v) is 10.7. The standard InChI is InChI=1S/C12H21NO3/c1-9(15)13-11(2,3)6-10(16-8-14)7-12(13,4)5/h8,10H,6-7H2,1-5H3. The fourth-order valence-electron chi connectivity index (χ4n) is 3.22. The van der Waals surface area contributed by atoms with E-state index < -0.39 is 0 Å². The Morgan fingerprint density at radius 2 is 1.69 bits per heavy atom. The molecule has 0 radical (unpaired) electrons. The zero-order valence-electron chi connectivity index (χ0n) is 10.7. The Hall–Kier alpha value is -1.06. The highest BCUT2D eigenvalue weighted by Crippen LogP contribution is 2.39. The van der Waals surface area contributed by atoms with Crippen LogP contribution in [0.15, 0.2) is 0 Å². The maximum atomic E-state index is 11.7. The first kappa shape index (κ1) is 13.0. The Morgan fingerprint density at radius 1 is 1.25 bits per heavy atom. The summed E-state index contributed by atoms with van der Waals surface area (Å²) in [4.78, 5) is 24.0. The van der Waals surface area contributed by atoms with Gasteiger partial charge >= 0.3 is 0 Å². The molecular formula is C12H21NO3. The molecule has 16 heavy (non-hydrogen) atoms. The number of carbonyl (C=O) groups is 2. The van der Waals surface area contributed by atoms with E-state index in [4.69, 9.17) is 4.74 Å². The number of nitrogens with zero attached hydrogens (tertiary/aromatic N) is 1.